The van der Waals surface area contributed by atoms with Gasteiger partial charge in [0.2, 0.25) is 0 Å². The molecule has 1 amide bonds. The van der Waals surface area contributed by atoms with E-state index in [1.807, 2.05) is 30.3 Å². The van der Waals surface area contributed by atoms with Crippen molar-refractivity contribution >= 4 is 27.8 Å². The predicted molar refractivity (Wildman–Crippen MR) is 85.4 cm³/mol. The van der Waals surface area contributed by atoms with Gasteiger partial charge in [0.05, 0.1) is 12.7 Å². The first-order valence-electron chi connectivity index (χ1n) is 6.63. The quantitative estimate of drug-likeness (QED) is 0.829. The largest absolute Gasteiger partial charge is 0.467 e. The zero-order valence-electron chi connectivity index (χ0n) is 12.0. The lowest BCUT2D eigenvalue weighted by atomic mass is 10.1. The molecule has 0 saturated heterocycles. The van der Waals surface area contributed by atoms with Gasteiger partial charge in [-0.05, 0) is 27.6 Å². The summed E-state index contributed by atoms with van der Waals surface area (Å²) >= 11 is 3.26. The Labute approximate surface area is 136 Å². The van der Waals surface area contributed by atoms with E-state index in [0.717, 1.165) is 5.56 Å². The van der Waals surface area contributed by atoms with Crippen molar-refractivity contribution < 1.29 is 14.3 Å². The van der Waals surface area contributed by atoms with Crippen molar-refractivity contribution in [3.05, 3.63) is 64.4 Å². The lowest BCUT2D eigenvalue weighted by Gasteiger charge is -2.16. The fraction of sp³-hybridized carbons (Fsp3) is 0.188. The minimum Gasteiger partial charge on any atom is -0.467 e. The number of benzene rings is 1. The molecular weight excluding hydrogens is 348 g/mol. The van der Waals surface area contributed by atoms with Crippen molar-refractivity contribution in [2.45, 2.75) is 12.5 Å². The van der Waals surface area contributed by atoms with Crippen molar-refractivity contribution in [2.75, 3.05) is 7.11 Å². The topological polar surface area (TPSA) is 68.3 Å². The van der Waals surface area contributed by atoms with Crippen molar-refractivity contribution in [1.82, 2.24) is 10.3 Å². The Morgan fingerprint density at radius 2 is 2.00 bits per heavy atom. The van der Waals surface area contributed by atoms with E-state index in [2.05, 4.69) is 26.2 Å². The van der Waals surface area contributed by atoms with E-state index >= 15 is 0 Å². The maximum absolute atomic E-state index is 12.2. The molecule has 114 valence electrons. The number of halogens is 1. The Balaban J connectivity index is 2.13. The summed E-state index contributed by atoms with van der Waals surface area (Å²) in [6, 6.07) is 10.3. The molecule has 22 heavy (non-hydrogen) atoms. The maximum atomic E-state index is 12.2. The van der Waals surface area contributed by atoms with Gasteiger partial charge < -0.3 is 10.1 Å². The first-order chi connectivity index (χ1) is 10.6. The van der Waals surface area contributed by atoms with E-state index in [4.69, 9.17) is 4.74 Å². The fourth-order valence-electron chi connectivity index (χ4n) is 1.96. The van der Waals surface area contributed by atoms with Gasteiger partial charge in [-0.15, -0.1) is 0 Å². The Bertz CT molecular complexity index is 661. The van der Waals surface area contributed by atoms with E-state index in [1.54, 1.807) is 12.3 Å². The van der Waals surface area contributed by atoms with Gasteiger partial charge in [-0.25, -0.2) is 4.79 Å². The van der Waals surface area contributed by atoms with Crippen LogP contribution in [0.1, 0.15) is 15.9 Å². The van der Waals surface area contributed by atoms with Crippen LogP contribution in [-0.4, -0.2) is 30.0 Å². The SMILES string of the molecule is COC(=O)[C@H](Cc1ccccc1)NC(=O)c1cncc(Br)c1. The molecule has 2 rings (SSSR count). The number of pyridine rings is 1. The molecule has 0 fully saturated rings. The van der Waals surface area contributed by atoms with Crippen molar-refractivity contribution in [2.24, 2.45) is 0 Å². The Morgan fingerprint density at radius 1 is 1.27 bits per heavy atom. The molecule has 2 aromatic rings. The Kier molecular flexibility index (Phi) is 5.66. The van der Waals surface area contributed by atoms with Crippen molar-refractivity contribution in [1.29, 1.82) is 0 Å². The highest BCUT2D eigenvalue weighted by atomic mass is 79.9. The van der Waals surface area contributed by atoms with E-state index in [-0.39, 0.29) is 5.91 Å². The van der Waals surface area contributed by atoms with E-state index in [0.29, 0.717) is 16.5 Å². The molecule has 0 saturated carbocycles. The standard InChI is InChI=1S/C16H15BrN2O3/c1-22-16(21)14(7-11-5-3-2-4-6-11)19-15(20)12-8-13(17)10-18-9-12/h2-6,8-10,14H,7H2,1H3,(H,19,20)/t14-/m0/s1. The molecule has 0 radical (unpaired) electrons. The molecule has 0 aliphatic heterocycles. The van der Waals surface area contributed by atoms with E-state index in [1.165, 1.54) is 13.3 Å². The molecule has 1 heterocycles. The van der Waals surface area contributed by atoms with Crippen LogP contribution < -0.4 is 5.32 Å². The lowest BCUT2D eigenvalue weighted by Crippen LogP contribution is -2.43. The summed E-state index contributed by atoms with van der Waals surface area (Å²) in [4.78, 5) is 28.1. The van der Waals surface area contributed by atoms with Crippen LogP contribution in [0.5, 0.6) is 0 Å². The van der Waals surface area contributed by atoms with Gasteiger partial charge in [-0.1, -0.05) is 30.3 Å². The number of rotatable bonds is 5. The number of nitrogens with one attached hydrogen (secondary N) is 1. The third-order valence-electron chi connectivity index (χ3n) is 3.04. The smallest absolute Gasteiger partial charge is 0.328 e. The molecule has 1 aromatic carbocycles. The van der Waals surface area contributed by atoms with Crippen LogP contribution in [-0.2, 0) is 16.0 Å². The highest BCUT2D eigenvalue weighted by Gasteiger charge is 2.22. The van der Waals surface area contributed by atoms with Crippen molar-refractivity contribution in [3.63, 3.8) is 0 Å². The van der Waals surface area contributed by atoms with Crippen LogP contribution in [0.25, 0.3) is 0 Å². The fourth-order valence-corrected chi connectivity index (χ4v) is 2.33. The maximum Gasteiger partial charge on any atom is 0.328 e. The zero-order chi connectivity index (χ0) is 15.9. The molecule has 1 atom stereocenters. The molecule has 0 unspecified atom stereocenters. The summed E-state index contributed by atoms with van der Waals surface area (Å²) in [5.74, 6) is -0.861. The van der Waals surface area contributed by atoms with Gasteiger partial charge in [-0.3, -0.25) is 9.78 Å². The molecule has 5 nitrogen and oxygen atoms in total. The number of hydrogen-bond acceptors (Lipinski definition) is 4. The average molecular weight is 363 g/mol. The number of methoxy groups -OCH3 is 1. The van der Waals surface area contributed by atoms with E-state index < -0.39 is 12.0 Å². The first-order valence-corrected chi connectivity index (χ1v) is 7.42. The number of hydrogen-bond donors (Lipinski definition) is 1. The monoisotopic (exact) mass is 362 g/mol. The number of amides is 1. The van der Waals surface area contributed by atoms with Gasteiger partial charge in [0, 0.05) is 23.3 Å². The third-order valence-corrected chi connectivity index (χ3v) is 3.47. The highest BCUT2D eigenvalue weighted by Crippen LogP contribution is 2.10. The number of aromatic nitrogens is 1. The Morgan fingerprint density at radius 3 is 2.64 bits per heavy atom. The number of carbonyl (C=O) groups is 2. The van der Waals surface area contributed by atoms with Gasteiger partial charge in [0.15, 0.2) is 0 Å². The van der Waals surface area contributed by atoms with Crippen LogP contribution in [0.3, 0.4) is 0 Å². The molecule has 0 bridgehead atoms. The summed E-state index contributed by atoms with van der Waals surface area (Å²) in [5.41, 5.74) is 1.31. The number of ether oxygens (including phenoxy) is 1. The van der Waals surface area contributed by atoms with Crippen LogP contribution >= 0.6 is 15.9 Å². The zero-order valence-corrected chi connectivity index (χ0v) is 13.5. The second-order valence-corrected chi connectivity index (χ2v) is 5.55. The third kappa shape index (κ3) is 4.39. The minimum atomic E-state index is -0.751. The minimum absolute atomic E-state index is 0.362. The number of carbonyl (C=O) groups excluding carboxylic acids is 2. The van der Waals surface area contributed by atoms with Crippen LogP contribution in [0.4, 0.5) is 0 Å². The highest BCUT2D eigenvalue weighted by molar-refractivity contribution is 9.10. The van der Waals surface area contributed by atoms with Gasteiger partial charge in [0.25, 0.3) is 5.91 Å². The van der Waals surface area contributed by atoms with Gasteiger partial charge in [-0.2, -0.15) is 0 Å². The Hall–Kier alpha value is -2.21. The summed E-state index contributed by atoms with van der Waals surface area (Å²) in [5, 5.41) is 2.69. The molecule has 0 aliphatic carbocycles. The normalized spacial score (nSPS) is 11.5. The first kappa shape index (κ1) is 16.2. The van der Waals surface area contributed by atoms with Crippen LogP contribution in [0.15, 0.2) is 53.3 Å². The van der Waals surface area contributed by atoms with Gasteiger partial charge in [0.1, 0.15) is 6.04 Å². The molecule has 1 N–H and O–H groups in total. The molecule has 0 aliphatic rings. The summed E-state index contributed by atoms with van der Waals surface area (Å²) in [6.07, 6.45) is 3.39. The van der Waals surface area contributed by atoms with Crippen LogP contribution in [0.2, 0.25) is 0 Å². The molecule has 6 heteroatoms. The summed E-state index contributed by atoms with van der Waals surface area (Å²) in [6.45, 7) is 0. The second kappa shape index (κ2) is 7.70. The predicted octanol–water partition coefficient (Wildman–Crippen LogP) is 2.36. The number of esters is 1. The van der Waals surface area contributed by atoms with E-state index in [9.17, 15) is 9.59 Å². The van der Waals surface area contributed by atoms with Gasteiger partial charge >= 0.3 is 5.97 Å². The second-order valence-electron chi connectivity index (χ2n) is 4.63. The molecule has 1 aromatic heterocycles. The summed E-state index contributed by atoms with van der Waals surface area (Å²) in [7, 11) is 1.30. The average Bonchev–Trinajstić information content (AvgIpc) is 2.54. The molecule has 0 spiro atoms. The molecular formula is C16H15BrN2O3. The lowest BCUT2D eigenvalue weighted by molar-refractivity contribution is -0.142. The van der Waals surface area contributed by atoms with Crippen molar-refractivity contribution in [3.8, 4) is 0 Å². The summed E-state index contributed by atoms with van der Waals surface area (Å²) < 4.78 is 5.46. The van der Waals surface area contributed by atoms with Crippen LogP contribution in [0, 0.1) is 0 Å². The number of nitrogens with zero attached hydrogens (tertiary/aromatic N) is 1.